The van der Waals surface area contributed by atoms with Crippen molar-refractivity contribution in [3.8, 4) is 0 Å². The Balaban J connectivity index is 2.92. The van der Waals surface area contributed by atoms with Crippen LogP contribution in [0, 0.1) is 13.8 Å². The summed E-state index contributed by atoms with van der Waals surface area (Å²) in [5, 5.41) is 2.63. The number of hydrogen-bond donors (Lipinski definition) is 1. The Hall–Kier alpha value is -1.82. The first-order valence-electron chi connectivity index (χ1n) is 6.67. The second kappa shape index (κ2) is 7.26. The summed E-state index contributed by atoms with van der Waals surface area (Å²) in [6.07, 6.45) is 2.83. The van der Waals surface area contributed by atoms with Crippen molar-refractivity contribution in [2.75, 3.05) is 23.7 Å². The minimum atomic E-state index is -3.43. The number of benzene rings is 1. The van der Waals surface area contributed by atoms with Gasteiger partial charge in [0.25, 0.3) is 0 Å². The molecular weight excluding hydrogens is 288 g/mol. The van der Waals surface area contributed by atoms with Crippen molar-refractivity contribution in [2.24, 2.45) is 0 Å². The summed E-state index contributed by atoms with van der Waals surface area (Å²) < 4.78 is 25.2. The molecule has 1 aromatic carbocycles. The number of anilines is 1. The van der Waals surface area contributed by atoms with Crippen LogP contribution in [0.1, 0.15) is 17.5 Å². The van der Waals surface area contributed by atoms with Crippen molar-refractivity contribution >= 4 is 21.6 Å². The molecule has 6 heteroatoms. The van der Waals surface area contributed by atoms with E-state index in [9.17, 15) is 13.2 Å². The molecule has 0 saturated carbocycles. The largest absolute Gasteiger partial charge is 0.353 e. The van der Waals surface area contributed by atoms with Crippen LogP contribution < -0.4 is 9.62 Å². The lowest BCUT2D eigenvalue weighted by atomic mass is 10.1. The van der Waals surface area contributed by atoms with Gasteiger partial charge in [-0.2, -0.15) is 0 Å². The molecule has 0 aliphatic heterocycles. The third kappa shape index (κ3) is 5.59. The van der Waals surface area contributed by atoms with Crippen molar-refractivity contribution in [2.45, 2.75) is 20.3 Å². The fourth-order valence-corrected chi connectivity index (χ4v) is 2.97. The highest BCUT2D eigenvalue weighted by Crippen LogP contribution is 2.21. The summed E-state index contributed by atoms with van der Waals surface area (Å²) in [7, 11) is -3.43. The van der Waals surface area contributed by atoms with Crippen LogP contribution in [0.3, 0.4) is 0 Å². The predicted octanol–water partition coefficient (Wildman–Crippen LogP) is 1.76. The average molecular weight is 310 g/mol. The molecule has 21 heavy (non-hydrogen) atoms. The average Bonchev–Trinajstić information content (AvgIpc) is 2.33. The number of sulfonamides is 1. The van der Waals surface area contributed by atoms with E-state index in [1.165, 1.54) is 4.31 Å². The molecule has 116 valence electrons. The molecule has 1 N–H and O–H groups in total. The molecule has 0 unspecified atom stereocenters. The van der Waals surface area contributed by atoms with Gasteiger partial charge in [-0.1, -0.05) is 12.1 Å². The zero-order valence-electron chi connectivity index (χ0n) is 12.7. The summed E-state index contributed by atoms with van der Waals surface area (Å²) in [5.41, 5.74) is 2.55. The van der Waals surface area contributed by atoms with Gasteiger partial charge in [0.2, 0.25) is 15.9 Å². The van der Waals surface area contributed by atoms with Gasteiger partial charge in [0, 0.05) is 19.5 Å². The molecule has 0 aromatic heterocycles. The number of aryl methyl sites for hydroxylation is 2. The third-order valence-corrected chi connectivity index (χ3v) is 4.07. The summed E-state index contributed by atoms with van der Waals surface area (Å²) >= 11 is 0. The normalized spacial score (nSPS) is 11.0. The first-order valence-corrected chi connectivity index (χ1v) is 8.52. The Morgan fingerprint density at radius 2 is 1.86 bits per heavy atom. The Morgan fingerprint density at radius 1 is 1.29 bits per heavy atom. The van der Waals surface area contributed by atoms with Crippen LogP contribution in [0.5, 0.6) is 0 Å². The Morgan fingerprint density at radius 3 is 2.33 bits per heavy atom. The summed E-state index contributed by atoms with van der Waals surface area (Å²) in [6.45, 7) is 7.83. The maximum atomic E-state index is 12.0. The number of carbonyl (C=O) groups is 1. The lowest BCUT2D eigenvalue weighted by Gasteiger charge is -2.23. The monoisotopic (exact) mass is 310 g/mol. The highest BCUT2D eigenvalue weighted by molar-refractivity contribution is 7.92. The number of carbonyl (C=O) groups excluding carboxylic acids is 1. The molecule has 0 bridgehead atoms. The first-order chi connectivity index (χ1) is 9.74. The predicted molar refractivity (Wildman–Crippen MR) is 85.9 cm³/mol. The van der Waals surface area contributed by atoms with Crippen LogP contribution in [-0.4, -0.2) is 33.7 Å². The van der Waals surface area contributed by atoms with Gasteiger partial charge in [-0.05, 0) is 37.1 Å². The zero-order valence-corrected chi connectivity index (χ0v) is 13.5. The fourth-order valence-electron chi connectivity index (χ4n) is 2.06. The molecule has 0 saturated heterocycles. The van der Waals surface area contributed by atoms with Crippen LogP contribution >= 0.6 is 0 Å². The van der Waals surface area contributed by atoms with Crippen LogP contribution in [0.2, 0.25) is 0 Å². The highest BCUT2D eigenvalue weighted by Gasteiger charge is 2.18. The molecule has 0 fully saturated rings. The van der Waals surface area contributed by atoms with E-state index in [1.54, 1.807) is 18.2 Å². The maximum absolute atomic E-state index is 12.0. The van der Waals surface area contributed by atoms with Gasteiger partial charge in [-0.25, -0.2) is 8.42 Å². The number of amides is 1. The van der Waals surface area contributed by atoms with Gasteiger partial charge in [-0.15, -0.1) is 6.58 Å². The molecule has 1 aromatic rings. The number of rotatable bonds is 7. The lowest BCUT2D eigenvalue weighted by molar-refractivity contribution is -0.120. The second-order valence-electron chi connectivity index (χ2n) is 5.02. The molecule has 1 amide bonds. The van der Waals surface area contributed by atoms with Crippen molar-refractivity contribution < 1.29 is 13.2 Å². The molecule has 0 radical (unpaired) electrons. The number of hydrogen-bond acceptors (Lipinski definition) is 3. The van der Waals surface area contributed by atoms with E-state index in [4.69, 9.17) is 0 Å². The van der Waals surface area contributed by atoms with Crippen LogP contribution in [0.15, 0.2) is 30.9 Å². The van der Waals surface area contributed by atoms with Gasteiger partial charge < -0.3 is 5.32 Å². The molecular formula is C15H22N2O3S. The maximum Gasteiger partial charge on any atom is 0.232 e. The number of nitrogens with zero attached hydrogens (tertiary/aromatic N) is 1. The topological polar surface area (TPSA) is 66.5 Å². The smallest absolute Gasteiger partial charge is 0.232 e. The van der Waals surface area contributed by atoms with Gasteiger partial charge >= 0.3 is 0 Å². The Bertz CT molecular complexity index is 604. The molecule has 0 aliphatic carbocycles. The van der Waals surface area contributed by atoms with Crippen LogP contribution in [-0.2, 0) is 14.8 Å². The van der Waals surface area contributed by atoms with Gasteiger partial charge in [0.05, 0.1) is 11.9 Å². The van der Waals surface area contributed by atoms with Crippen LogP contribution in [0.4, 0.5) is 5.69 Å². The van der Waals surface area contributed by atoms with E-state index in [0.717, 1.165) is 17.4 Å². The third-order valence-electron chi connectivity index (χ3n) is 2.88. The van der Waals surface area contributed by atoms with E-state index in [1.807, 2.05) is 19.9 Å². The molecule has 0 spiro atoms. The first kappa shape index (κ1) is 17.2. The molecule has 0 aliphatic rings. The molecule has 5 nitrogen and oxygen atoms in total. The molecule has 1 rings (SSSR count). The Labute approximate surface area is 126 Å². The minimum absolute atomic E-state index is 0.105. The highest BCUT2D eigenvalue weighted by atomic mass is 32.2. The van der Waals surface area contributed by atoms with Crippen molar-refractivity contribution in [3.63, 3.8) is 0 Å². The standard InChI is InChI=1S/C15H22N2O3S/c1-5-7-16-15(18)6-8-17(21(4,19)20)14-10-12(2)9-13(3)11-14/h5,9-11H,1,6-8H2,2-4H3,(H,16,18). The number of nitrogens with one attached hydrogen (secondary N) is 1. The van der Waals surface area contributed by atoms with Crippen molar-refractivity contribution in [1.29, 1.82) is 0 Å². The zero-order chi connectivity index (χ0) is 16.0. The summed E-state index contributed by atoms with van der Waals surface area (Å²) in [5.74, 6) is -0.201. The van der Waals surface area contributed by atoms with Crippen molar-refractivity contribution in [3.05, 3.63) is 42.0 Å². The van der Waals surface area contributed by atoms with Gasteiger partial charge in [0.1, 0.15) is 0 Å². The lowest BCUT2D eigenvalue weighted by Crippen LogP contribution is -2.34. The van der Waals surface area contributed by atoms with E-state index < -0.39 is 10.0 Å². The van der Waals surface area contributed by atoms with Crippen LogP contribution in [0.25, 0.3) is 0 Å². The minimum Gasteiger partial charge on any atom is -0.353 e. The second-order valence-corrected chi connectivity index (χ2v) is 6.93. The van der Waals surface area contributed by atoms with E-state index in [2.05, 4.69) is 11.9 Å². The summed E-state index contributed by atoms with van der Waals surface area (Å²) in [4.78, 5) is 11.6. The molecule has 0 heterocycles. The van der Waals surface area contributed by atoms with Gasteiger partial charge in [-0.3, -0.25) is 9.10 Å². The van der Waals surface area contributed by atoms with E-state index >= 15 is 0 Å². The molecule has 0 atom stereocenters. The summed E-state index contributed by atoms with van der Waals surface area (Å²) in [6, 6.07) is 5.58. The van der Waals surface area contributed by atoms with Gasteiger partial charge in [0.15, 0.2) is 0 Å². The Kier molecular flexibility index (Phi) is 5.96. The SMILES string of the molecule is C=CCNC(=O)CCN(c1cc(C)cc(C)c1)S(C)(=O)=O. The quantitative estimate of drug-likeness (QED) is 0.780. The van der Waals surface area contributed by atoms with E-state index in [-0.39, 0.29) is 18.9 Å². The van der Waals surface area contributed by atoms with E-state index in [0.29, 0.717) is 12.2 Å². The van der Waals surface area contributed by atoms with Crippen molar-refractivity contribution in [1.82, 2.24) is 5.32 Å². The fraction of sp³-hybridized carbons (Fsp3) is 0.400.